The molecular weight excluding hydrogens is 326 g/mol. The molecule has 3 heterocycles. The minimum absolute atomic E-state index is 0.163. The number of benzene rings is 1. The zero-order valence-electron chi connectivity index (χ0n) is 14.9. The van der Waals surface area contributed by atoms with E-state index in [1.54, 1.807) is 6.20 Å². The van der Waals surface area contributed by atoms with Crippen molar-refractivity contribution in [1.82, 2.24) is 4.98 Å². The number of nitrogens with zero attached hydrogens (tertiary/aromatic N) is 3. The molecule has 1 aromatic carbocycles. The summed E-state index contributed by atoms with van der Waals surface area (Å²) in [4.78, 5) is 32.8. The van der Waals surface area contributed by atoms with Gasteiger partial charge in [0.05, 0.1) is 0 Å². The van der Waals surface area contributed by atoms with E-state index in [0.29, 0.717) is 12.8 Å². The van der Waals surface area contributed by atoms with Gasteiger partial charge < -0.3 is 9.80 Å². The van der Waals surface area contributed by atoms with E-state index < -0.39 is 0 Å². The summed E-state index contributed by atoms with van der Waals surface area (Å²) in [6, 6.07) is 9.98. The van der Waals surface area contributed by atoms with Crippen LogP contribution in [0, 0.1) is 0 Å². The molecule has 0 N–H and O–H groups in total. The average molecular weight is 349 g/mol. The first-order chi connectivity index (χ1) is 12.7. The molecule has 0 radical (unpaired) electrons. The van der Waals surface area contributed by atoms with Crippen molar-refractivity contribution in [3.63, 3.8) is 0 Å². The Morgan fingerprint density at radius 2 is 1.38 bits per heavy atom. The molecule has 1 aromatic heterocycles. The van der Waals surface area contributed by atoms with Gasteiger partial charge in [0.2, 0.25) is 11.8 Å². The number of rotatable bonds is 3. The molecule has 2 aromatic rings. The van der Waals surface area contributed by atoms with Crippen molar-refractivity contribution >= 4 is 23.2 Å². The highest BCUT2D eigenvalue weighted by Crippen LogP contribution is 2.33. The van der Waals surface area contributed by atoms with Gasteiger partial charge >= 0.3 is 0 Å². The standard InChI is InChI=1S/C21H23N3O2/c25-20-7-1-3-10-23(20)18-12-17(16-6-5-9-22-15-16)13-19(14-18)24-11-4-2-8-21(24)26/h5-6,9,12-15H,1-4,7-8,10-11H2. The number of aromatic nitrogens is 1. The van der Waals surface area contributed by atoms with Gasteiger partial charge in [-0.3, -0.25) is 14.6 Å². The second-order valence-electron chi connectivity index (χ2n) is 6.98. The van der Waals surface area contributed by atoms with E-state index in [-0.39, 0.29) is 11.8 Å². The van der Waals surface area contributed by atoms with E-state index in [1.165, 1.54) is 0 Å². The monoisotopic (exact) mass is 349 g/mol. The Kier molecular flexibility index (Phi) is 4.69. The molecule has 0 aliphatic carbocycles. The summed E-state index contributed by atoms with van der Waals surface area (Å²) >= 11 is 0. The lowest BCUT2D eigenvalue weighted by Crippen LogP contribution is -2.37. The van der Waals surface area contributed by atoms with Crippen LogP contribution >= 0.6 is 0 Å². The molecule has 2 saturated heterocycles. The molecule has 26 heavy (non-hydrogen) atoms. The smallest absolute Gasteiger partial charge is 0.226 e. The van der Waals surface area contributed by atoms with E-state index in [4.69, 9.17) is 0 Å². The van der Waals surface area contributed by atoms with Crippen LogP contribution in [-0.2, 0) is 9.59 Å². The van der Waals surface area contributed by atoms with Gasteiger partial charge in [-0.15, -0.1) is 0 Å². The number of carbonyl (C=O) groups excluding carboxylic acids is 2. The molecule has 2 fully saturated rings. The van der Waals surface area contributed by atoms with Crippen molar-refractivity contribution in [2.75, 3.05) is 22.9 Å². The molecule has 0 spiro atoms. The van der Waals surface area contributed by atoms with Crippen LogP contribution in [0.25, 0.3) is 11.1 Å². The summed E-state index contributed by atoms with van der Waals surface area (Å²) in [7, 11) is 0. The van der Waals surface area contributed by atoms with E-state index in [9.17, 15) is 9.59 Å². The Hall–Kier alpha value is -2.69. The maximum atomic E-state index is 12.4. The van der Waals surface area contributed by atoms with Crippen molar-refractivity contribution in [3.05, 3.63) is 42.7 Å². The fraction of sp³-hybridized carbons (Fsp3) is 0.381. The number of pyridine rings is 1. The third kappa shape index (κ3) is 3.34. The molecule has 2 amide bonds. The van der Waals surface area contributed by atoms with Crippen molar-refractivity contribution in [2.45, 2.75) is 38.5 Å². The molecular formula is C21H23N3O2. The fourth-order valence-electron chi connectivity index (χ4n) is 3.76. The maximum absolute atomic E-state index is 12.4. The van der Waals surface area contributed by atoms with Crippen molar-refractivity contribution < 1.29 is 9.59 Å². The first-order valence-electron chi connectivity index (χ1n) is 9.38. The zero-order chi connectivity index (χ0) is 17.9. The van der Waals surface area contributed by atoms with Crippen LogP contribution in [0.2, 0.25) is 0 Å². The number of carbonyl (C=O) groups is 2. The summed E-state index contributed by atoms with van der Waals surface area (Å²) in [5.41, 5.74) is 3.74. The van der Waals surface area contributed by atoms with Crippen LogP contribution in [0.1, 0.15) is 38.5 Å². The van der Waals surface area contributed by atoms with Crippen molar-refractivity contribution in [3.8, 4) is 11.1 Å². The molecule has 2 aliphatic heterocycles. The zero-order valence-corrected chi connectivity index (χ0v) is 14.9. The normalized spacial score (nSPS) is 18.3. The summed E-state index contributed by atoms with van der Waals surface area (Å²) < 4.78 is 0. The van der Waals surface area contributed by atoms with Gasteiger partial charge in [0, 0.05) is 55.3 Å². The highest BCUT2D eigenvalue weighted by molar-refractivity contribution is 5.98. The highest BCUT2D eigenvalue weighted by atomic mass is 16.2. The number of piperidine rings is 2. The quantitative estimate of drug-likeness (QED) is 0.847. The van der Waals surface area contributed by atoms with Crippen LogP contribution in [0.3, 0.4) is 0 Å². The fourth-order valence-corrected chi connectivity index (χ4v) is 3.76. The first kappa shape index (κ1) is 16.8. The lowest BCUT2D eigenvalue weighted by atomic mass is 10.0. The van der Waals surface area contributed by atoms with Gasteiger partial charge in [0.15, 0.2) is 0 Å². The van der Waals surface area contributed by atoms with Crippen LogP contribution in [0.5, 0.6) is 0 Å². The van der Waals surface area contributed by atoms with Crippen LogP contribution in [0.4, 0.5) is 11.4 Å². The Bertz CT molecular complexity index is 773. The summed E-state index contributed by atoms with van der Waals surface area (Å²) in [6.45, 7) is 1.48. The third-order valence-electron chi connectivity index (χ3n) is 5.17. The molecule has 0 unspecified atom stereocenters. The summed E-state index contributed by atoms with van der Waals surface area (Å²) in [5, 5.41) is 0. The minimum atomic E-state index is 0.163. The molecule has 5 nitrogen and oxygen atoms in total. The molecule has 0 atom stereocenters. The number of amides is 2. The second kappa shape index (κ2) is 7.28. The van der Waals surface area contributed by atoms with E-state index in [2.05, 4.69) is 4.98 Å². The van der Waals surface area contributed by atoms with E-state index in [0.717, 1.165) is 61.3 Å². The molecule has 5 heteroatoms. The van der Waals surface area contributed by atoms with Crippen LogP contribution in [0.15, 0.2) is 42.7 Å². The minimum Gasteiger partial charge on any atom is -0.312 e. The number of hydrogen-bond acceptors (Lipinski definition) is 3. The van der Waals surface area contributed by atoms with E-state index >= 15 is 0 Å². The van der Waals surface area contributed by atoms with E-state index in [1.807, 2.05) is 46.3 Å². The Morgan fingerprint density at radius 1 is 0.769 bits per heavy atom. The van der Waals surface area contributed by atoms with Gasteiger partial charge in [-0.25, -0.2) is 0 Å². The Balaban J connectivity index is 1.79. The van der Waals surface area contributed by atoms with Crippen molar-refractivity contribution in [1.29, 1.82) is 0 Å². The van der Waals surface area contributed by atoms with Crippen LogP contribution < -0.4 is 9.80 Å². The lowest BCUT2D eigenvalue weighted by molar-refractivity contribution is -0.120. The topological polar surface area (TPSA) is 53.5 Å². The molecule has 134 valence electrons. The summed E-state index contributed by atoms with van der Waals surface area (Å²) in [6.07, 6.45) is 8.69. The Labute approximate surface area is 153 Å². The van der Waals surface area contributed by atoms with Gasteiger partial charge in [0.1, 0.15) is 0 Å². The molecule has 0 bridgehead atoms. The first-order valence-corrected chi connectivity index (χ1v) is 9.38. The van der Waals surface area contributed by atoms with Crippen LogP contribution in [-0.4, -0.2) is 29.9 Å². The average Bonchev–Trinajstić information content (AvgIpc) is 2.69. The SMILES string of the molecule is O=C1CCCCN1c1cc(-c2cccnc2)cc(N2CCCCC2=O)c1. The van der Waals surface area contributed by atoms with Crippen molar-refractivity contribution in [2.24, 2.45) is 0 Å². The number of anilines is 2. The maximum Gasteiger partial charge on any atom is 0.226 e. The van der Waals surface area contributed by atoms with Gasteiger partial charge in [-0.05, 0) is 55.5 Å². The molecule has 0 saturated carbocycles. The Morgan fingerprint density at radius 3 is 1.88 bits per heavy atom. The summed E-state index contributed by atoms with van der Waals surface area (Å²) in [5.74, 6) is 0.325. The highest BCUT2D eigenvalue weighted by Gasteiger charge is 2.24. The van der Waals surface area contributed by atoms with Gasteiger partial charge in [-0.2, -0.15) is 0 Å². The molecule has 2 aliphatic rings. The van der Waals surface area contributed by atoms with Gasteiger partial charge in [0.25, 0.3) is 0 Å². The van der Waals surface area contributed by atoms with Gasteiger partial charge in [-0.1, -0.05) is 6.07 Å². The number of hydrogen-bond donors (Lipinski definition) is 0. The second-order valence-corrected chi connectivity index (χ2v) is 6.98. The largest absolute Gasteiger partial charge is 0.312 e. The molecule has 4 rings (SSSR count). The third-order valence-corrected chi connectivity index (χ3v) is 5.17. The lowest BCUT2D eigenvalue weighted by Gasteiger charge is -2.31. The predicted octanol–water partition coefficient (Wildman–Crippen LogP) is 3.78. The predicted molar refractivity (Wildman–Crippen MR) is 102 cm³/mol.